The Kier molecular flexibility index (Phi) is 4.90. The highest BCUT2D eigenvalue weighted by Gasteiger charge is 2.53. The lowest BCUT2D eigenvalue weighted by Gasteiger charge is -2.32. The number of nitrogens with zero attached hydrogens (tertiary/aromatic N) is 4. The average Bonchev–Trinajstić information content (AvgIpc) is 3.32. The van der Waals surface area contributed by atoms with Crippen molar-refractivity contribution in [3.8, 4) is 0 Å². The molecule has 6 nitrogen and oxygen atoms in total. The summed E-state index contributed by atoms with van der Waals surface area (Å²) in [6.07, 6.45) is 5.62. The summed E-state index contributed by atoms with van der Waals surface area (Å²) >= 11 is 0. The van der Waals surface area contributed by atoms with Gasteiger partial charge < -0.3 is 4.90 Å². The quantitative estimate of drug-likeness (QED) is 0.820. The molecule has 1 N–H and O–H groups in total. The number of hydrogen-bond donors (Lipinski definition) is 1. The van der Waals surface area contributed by atoms with E-state index < -0.39 is 0 Å². The number of amides is 1. The van der Waals surface area contributed by atoms with Gasteiger partial charge in [-0.25, -0.2) is 4.98 Å². The third-order valence-electron chi connectivity index (χ3n) is 7.36. The largest absolute Gasteiger partial charge is 0.341 e. The number of carbonyl (C=O) groups is 1. The van der Waals surface area contributed by atoms with E-state index in [1.54, 1.807) is 0 Å². The maximum atomic E-state index is 12.9. The third kappa shape index (κ3) is 3.70. The number of H-pyrrole nitrogens is 1. The molecule has 1 amide bonds. The number of rotatable bonds is 6. The molecule has 2 aromatic rings. The molecule has 154 valence electrons. The molecule has 3 fully saturated rings. The van der Waals surface area contributed by atoms with Gasteiger partial charge in [0, 0.05) is 37.5 Å². The van der Waals surface area contributed by atoms with Crippen molar-refractivity contribution in [1.29, 1.82) is 0 Å². The predicted molar refractivity (Wildman–Crippen MR) is 111 cm³/mol. The van der Waals surface area contributed by atoms with Gasteiger partial charge in [0.05, 0.1) is 6.54 Å². The summed E-state index contributed by atoms with van der Waals surface area (Å²) in [5.41, 5.74) is 1.59. The first-order valence-electron chi connectivity index (χ1n) is 11.0. The molecule has 29 heavy (non-hydrogen) atoms. The SMILES string of the molecule is Cc1nc(CN2CC3CN(C(=O)C4CCC4)CC3(CCc3ccccc3)C2)n[nH]1. The van der Waals surface area contributed by atoms with E-state index in [-0.39, 0.29) is 5.41 Å². The van der Waals surface area contributed by atoms with Gasteiger partial charge in [-0.15, -0.1) is 0 Å². The molecule has 3 aliphatic rings. The Morgan fingerprint density at radius 3 is 2.72 bits per heavy atom. The summed E-state index contributed by atoms with van der Waals surface area (Å²) in [6.45, 7) is 6.66. The first-order valence-corrected chi connectivity index (χ1v) is 11.0. The highest BCUT2D eigenvalue weighted by molar-refractivity contribution is 5.80. The summed E-state index contributed by atoms with van der Waals surface area (Å²) in [5, 5.41) is 7.29. The minimum Gasteiger partial charge on any atom is -0.341 e. The summed E-state index contributed by atoms with van der Waals surface area (Å²) in [6, 6.07) is 10.8. The van der Waals surface area contributed by atoms with Crippen LogP contribution in [0, 0.1) is 24.2 Å². The minimum absolute atomic E-state index is 0.195. The first kappa shape index (κ1) is 18.8. The molecule has 5 rings (SSSR count). The summed E-state index contributed by atoms with van der Waals surface area (Å²) in [4.78, 5) is 22.1. The van der Waals surface area contributed by atoms with Crippen LogP contribution in [-0.4, -0.2) is 57.1 Å². The minimum atomic E-state index is 0.195. The number of hydrogen-bond acceptors (Lipinski definition) is 4. The fourth-order valence-electron chi connectivity index (χ4n) is 5.55. The highest BCUT2D eigenvalue weighted by Crippen LogP contribution is 2.47. The number of aromatic amines is 1. The molecular formula is C23H31N5O. The zero-order chi connectivity index (χ0) is 19.8. The van der Waals surface area contributed by atoms with Crippen LogP contribution in [0.15, 0.2) is 30.3 Å². The second-order valence-electron chi connectivity index (χ2n) is 9.40. The standard InChI is InChI=1S/C23H31N5O/c1-17-24-21(26-25-17)14-27-12-20-13-28(22(29)19-8-5-9-19)16-23(20,15-27)11-10-18-6-3-2-4-7-18/h2-4,6-7,19-20H,5,8-16H2,1H3,(H,24,25,26). The number of carbonyl (C=O) groups excluding carboxylic acids is 1. The van der Waals surface area contributed by atoms with Gasteiger partial charge in [-0.2, -0.15) is 5.10 Å². The van der Waals surface area contributed by atoms with Crippen LogP contribution in [0.2, 0.25) is 0 Å². The number of likely N-dealkylation sites (tertiary alicyclic amines) is 2. The molecule has 2 aliphatic heterocycles. The maximum absolute atomic E-state index is 12.9. The second kappa shape index (κ2) is 7.56. The Bertz CT molecular complexity index is 861. The van der Waals surface area contributed by atoms with Crippen LogP contribution in [0.5, 0.6) is 0 Å². The third-order valence-corrected chi connectivity index (χ3v) is 7.36. The Balaban J connectivity index is 1.31. The summed E-state index contributed by atoms with van der Waals surface area (Å²) in [5.74, 6) is 3.02. The van der Waals surface area contributed by atoms with E-state index >= 15 is 0 Å². The average molecular weight is 394 g/mol. The molecule has 3 heterocycles. The van der Waals surface area contributed by atoms with E-state index in [1.807, 2.05) is 6.92 Å². The van der Waals surface area contributed by atoms with E-state index in [4.69, 9.17) is 0 Å². The highest BCUT2D eigenvalue weighted by atomic mass is 16.2. The molecule has 0 spiro atoms. The number of aryl methyl sites for hydroxylation is 2. The molecule has 2 unspecified atom stereocenters. The molecule has 1 aromatic heterocycles. The van der Waals surface area contributed by atoms with Gasteiger partial charge in [0.1, 0.15) is 5.82 Å². The fraction of sp³-hybridized carbons (Fsp3) is 0.609. The van der Waals surface area contributed by atoms with E-state index in [2.05, 4.69) is 55.3 Å². The van der Waals surface area contributed by atoms with Crippen molar-refractivity contribution in [2.45, 2.75) is 45.6 Å². The van der Waals surface area contributed by atoms with Crippen LogP contribution in [-0.2, 0) is 17.8 Å². The van der Waals surface area contributed by atoms with Crippen LogP contribution < -0.4 is 0 Å². The molecule has 6 heteroatoms. The molecule has 1 saturated carbocycles. The molecule has 1 aromatic carbocycles. The van der Waals surface area contributed by atoms with Crippen LogP contribution in [0.1, 0.15) is 42.9 Å². The van der Waals surface area contributed by atoms with Crippen molar-refractivity contribution in [2.24, 2.45) is 17.3 Å². The van der Waals surface area contributed by atoms with Gasteiger partial charge in [0.25, 0.3) is 0 Å². The van der Waals surface area contributed by atoms with Crippen molar-refractivity contribution in [1.82, 2.24) is 25.0 Å². The molecule has 1 aliphatic carbocycles. The van der Waals surface area contributed by atoms with E-state index in [9.17, 15) is 4.79 Å². The lowest BCUT2D eigenvalue weighted by molar-refractivity contribution is -0.137. The van der Waals surface area contributed by atoms with E-state index in [0.717, 1.165) is 70.1 Å². The number of fused-ring (bicyclic) bond motifs is 1. The zero-order valence-corrected chi connectivity index (χ0v) is 17.3. The topological polar surface area (TPSA) is 65.1 Å². The Morgan fingerprint density at radius 2 is 2.03 bits per heavy atom. The zero-order valence-electron chi connectivity index (χ0n) is 17.3. The van der Waals surface area contributed by atoms with Gasteiger partial charge in [0.2, 0.25) is 5.91 Å². The Morgan fingerprint density at radius 1 is 1.21 bits per heavy atom. The van der Waals surface area contributed by atoms with Crippen LogP contribution >= 0.6 is 0 Å². The normalized spacial score (nSPS) is 27.2. The molecule has 2 saturated heterocycles. The molecule has 0 radical (unpaired) electrons. The summed E-state index contributed by atoms with van der Waals surface area (Å²) in [7, 11) is 0. The molecule has 2 atom stereocenters. The van der Waals surface area contributed by atoms with E-state index in [1.165, 1.54) is 12.0 Å². The fourth-order valence-corrected chi connectivity index (χ4v) is 5.55. The number of benzene rings is 1. The number of nitrogens with one attached hydrogen (secondary N) is 1. The predicted octanol–water partition coefficient (Wildman–Crippen LogP) is 2.81. The van der Waals surface area contributed by atoms with Gasteiger partial charge in [-0.3, -0.25) is 14.8 Å². The van der Waals surface area contributed by atoms with Crippen molar-refractivity contribution in [2.75, 3.05) is 26.2 Å². The van der Waals surface area contributed by atoms with Crippen molar-refractivity contribution >= 4 is 5.91 Å². The second-order valence-corrected chi connectivity index (χ2v) is 9.40. The van der Waals surface area contributed by atoms with Gasteiger partial charge in [0.15, 0.2) is 5.82 Å². The van der Waals surface area contributed by atoms with Crippen LogP contribution in [0.4, 0.5) is 0 Å². The summed E-state index contributed by atoms with van der Waals surface area (Å²) < 4.78 is 0. The van der Waals surface area contributed by atoms with Gasteiger partial charge >= 0.3 is 0 Å². The van der Waals surface area contributed by atoms with Crippen LogP contribution in [0.25, 0.3) is 0 Å². The number of aromatic nitrogens is 3. The lowest BCUT2D eigenvalue weighted by Crippen LogP contribution is -2.41. The van der Waals surface area contributed by atoms with E-state index in [0.29, 0.717) is 17.7 Å². The monoisotopic (exact) mass is 393 g/mol. The van der Waals surface area contributed by atoms with Crippen molar-refractivity contribution in [3.05, 3.63) is 47.5 Å². The Labute approximate surface area is 172 Å². The molecule has 0 bridgehead atoms. The molecular weight excluding hydrogens is 362 g/mol. The van der Waals surface area contributed by atoms with Crippen molar-refractivity contribution < 1.29 is 4.79 Å². The van der Waals surface area contributed by atoms with Gasteiger partial charge in [-0.1, -0.05) is 36.8 Å². The van der Waals surface area contributed by atoms with Crippen molar-refractivity contribution in [3.63, 3.8) is 0 Å². The van der Waals surface area contributed by atoms with Gasteiger partial charge in [-0.05, 0) is 44.1 Å². The Hall–Kier alpha value is -2.21. The smallest absolute Gasteiger partial charge is 0.225 e. The first-order chi connectivity index (χ1) is 14.1. The maximum Gasteiger partial charge on any atom is 0.225 e. The van der Waals surface area contributed by atoms with Crippen LogP contribution in [0.3, 0.4) is 0 Å². The lowest BCUT2D eigenvalue weighted by atomic mass is 9.76.